The van der Waals surface area contributed by atoms with E-state index in [0.29, 0.717) is 0 Å². The van der Waals surface area contributed by atoms with Crippen LogP contribution in [0.5, 0.6) is 0 Å². The summed E-state index contributed by atoms with van der Waals surface area (Å²) in [6, 6.07) is 2.82. The van der Waals surface area contributed by atoms with Crippen molar-refractivity contribution in [1.29, 1.82) is 0 Å². The quantitative estimate of drug-likeness (QED) is 0.702. The van der Waals surface area contributed by atoms with Gasteiger partial charge in [-0.3, -0.25) is 14.4 Å². The molecule has 18 heavy (non-hydrogen) atoms. The van der Waals surface area contributed by atoms with Gasteiger partial charge in [-0.1, -0.05) is 0 Å². The molecule has 1 rings (SSSR count). The van der Waals surface area contributed by atoms with Gasteiger partial charge in [0.15, 0.2) is 5.78 Å². The molecule has 0 unspecified atom stereocenters. The second kappa shape index (κ2) is 5.12. The van der Waals surface area contributed by atoms with Gasteiger partial charge in [-0.25, -0.2) is 4.68 Å². The van der Waals surface area contributed by atoms with Gasteiger partial charge < -0.3 is 4.90 Å². The van der Waals surface area contributed by atoms with Crippen LogP contribution in [0.3, 0.4) is 0 Å². The van der Waals surface area contributed by atoms with Crippen molar-refractivity contribution >= 4 is 11.7 Å². The summed E-state index contributed by atoms with van der Waals surface area (Å²) in [4.78, 5) is 36.8. The Morgan fingerprint density at radius 3 is 2.50 bits per heavy atom. The predicted molar refractivity (Wildman–Crippen MR) is 66.0 cm³/mol. The van der Waals surface area contributed by atoms with Crippen molar-refractivity contribution in [3.63, 3.8) is 0 Å². The number of carbonyl (C=O) groups is 2. The average Bonchev–Trinajstić information content (AvgIpc) is 2.30. The van der Waals surface area contributed by atoms with E-state index in [-0.39, 0.29) is 23.8 Å². The molecule has 0 spiro atoms. The molecule has 0 aliphatic heterocycles. The van der Waals surface area contributed by atoms with Crippen LogP contribution in [0.15, 0.2) is 23.1 Å². The third-order valence-electron chi connectivity index (χ3n) is 2.72. The molecule has 1 heterocycles. The number of hydrogen-bond acceptors (Lipinski definition) is 4. The highest BCUT2D eigenvalue weighted by Crippen LogP contribution is 2.19. The molecule has 1 aromatic heterocycles. The van der Waals surface area contributed by atoms with Gasteiger partial charge >= 0.3 is 0 Å². The number of nitrogens with zero attached hydrogens (tertiary/aromatic N) is 3. The van der Waals surface area contributed by atoms with Crippen LogP contribution in [0.25, 0.3) is 0 Å². The molecule has 1 amide bonds. The second-order valence-corrected chi connectivity index (χ2v) is 4.77. The molecule has 0 saturated carbocycles. The van der Waals surface area contributed by atoms with E-state index in [1.165, 1.54) is 23.2 Å². The maximum Gasteiger partial charge on any atom is 0.267 e. The third kappa shape index (κ3) is 2.82. The molecule has 1 aromatic rings. The number of ketones is 1. The van der Waals surface area contributed by atoms with Gasteiger partial charge in [0.1, 0.15) is 12.0 Å². The van der Waals surface area contributed by atoms with Crippen LogP contribution in [-0.4, -0.2) is 40.5 Å². The summed E-state index contributed by atoms with van der Waals surface area (Å²) >= 11 is 0. The summed E-state index contributed by atoms with van der Waals surface area (Å²) in [5, 5.41) is 3.79. The van der Waals surface area contributed by atoms with Crippen LogP contribution in [0.1, 0.15) is 13.8 Å². The smallest absolute Gasteiger partial charge is 0.267 e. The molecule has 0 aliphatic carbocycles. The summed E-state index contributed by atoms with van der Waals surface area (Å²) in [7, 11) is 3.18. The number of hydrogen-bond donors (Lipinski definition) is 0. The maximum absolute atomic E-state index is 12.1. The first kappa shape index (κ1) is 14.1. The summed E-state index contributed by atoms with van der Waals surface area (Å²) in [6.07, 6.45) is 1.43. The van der Waals surface area contributed by atoms with Gasteiger partial charge in [0, 0.05) is 26.4 Å². The zero-order valence-corrected chi connectivity index (χ0v) is 11.0. The van der Waals surface area contributed by atoms with E-state index in [9.17, 15) is 14.4 Å². The first-order chi connectivity index (χ1) is 8.26. The van der Waals surface area contributed by atoms with Gasteiger partial charge in [0.2, 0.25) is 5.91 Å². The van der Waals surface area contributed by atoms with Crippen molar-refractivity contribution in [3.8, 4) is 0 Å². The Morgan fingerprint density at radius 2 is 2.00 bits per heavy atom. The Balaban J connectivity index is 2.93. The molecular formula is C12H17N3O3. The molecule has 0 atom stereocenters. The highest BCUT2D eigenvalue weighted by Gasteiger charge is 2.37. The van der Waals surface area contributed by atoms with E-state index in [2.05, 4.69) is 5.10 Å². The predicted octanol–water partition coefficient (Wildman–Crippen LogP) is -0.0732. The van der Waals surface area contributed by atoms with Gasteiger partial charge in [-0.2, -0.15) is 5.10 Å². The standard InChI is InChI=1S/C12H17N3O3/c1-12(2,11(18)14(3)4)9(16)8-15-10(17)6-5-7-13-15/h5-7H,8H2,1-4H3. The molecule has 0 aliphatic rings. The normalized spacial score (nSPS) is 11.1. The van der Waals surface area contributed by atoms with Crippen LogP contribution >= 0.6 is 0 Å². The highest BCUT2D eigenvalue weighted by molar-refractivity contribution is 6.04. The van der Waals surface area contributed by atoms with Gasteiger partial charge in [0.25, 0.3) is 5.56 Å². The number of aromatic nitrogens is 2. The molecule has 98 valence electrons. The molecule has 0 N–H and O–H groups in total. The van der Waals surface area contributed by atoms with E-state index in [4.69, 9.17) is 0 Å². The lowest BCUT2D eigenvalue weighted by molar-refractivity contribution is -0.146. The van der Waals surface area contributed by atoms with E-state index in [0.717, 1.165) is 4.68 Å². The fourth-order valence-corrected chi connectivity index (χ4v) is 1.52. The Kier molecular flexibility index (Phi) is 4.00. The van der Waals surface area contributed by atoms with Crippen LogP contribution in [-0.2, 0) is 16.1 Å². The molecular weight excluding hydrogens is 234 g/mol. The minimum Gasteiger partial charge on any atom is -0.348 e. The molecule has 6 heteroatoms. The fraction of sp³-hybridized carbons (Fsp3) is 0.500. The Hall–Kier alpha value is -1.98. The molecule has 0 radical (unpaired) electrons. The Morgan fingerprint density at radius 1 is 1.39 bits per heavy atom. The zero-order valence-electron chi connectivity index (χ0n) is 11.0. The first-order valence-electron chi connectivity index (χ1n) is 5.54. The van der Waals surface area contributed by atoms with Crippen molar-refractivity contribution < 1.29 is 9.59 Å². The first-order valence-corrected chi connectivity index (χ1v) is 5.54. The third-order valence-corrected chi connectivity index (χ3v) is 2.72. The van der Waals surface area contributed by atoms with Crippen LogP contribution in [0, 0.1) is 5.41 Å². The van der Waals surface area contributed by atoms with Crippen molar-refractivity contribution in [2.45, 2.75) is 20.4 Å². The zero-order chi connectivity index (χ0) is 13.9. The fourth-order valence-electron chi connectivity index (χ4n) is 1.52. The van der Waals surface area contributed by atoms with E-state index >= 15 is 0 Å². The van der Waals surface area contributed by atoms with Crippen LogP contribution in [0.4, 0.5) is 0 Å². The van der Waals surface area contributed by atoms with Crippen molar-refractivity contribution in [2.24, 2.45) is 5.41 Å². The maximum atomic E-state index is 12.1. The Labute approximate surface area is 105 Å². The lowest BCUT2D eigenvalue weighted by atomic mass is 9.86. The van der Waals surface area contributed by atoms with E-state index < -0.39 is 5.41 Å². The van der Waals surface area contributed by atoms with E-state index in [1.54, 1.807) is 27.9 Å². The van der Waals surface area contributed by atoms with Crippen molar-refractivity contribution in [3.05, 3.63) is 28.7 Å². The summed E-state index contributed by atoms with van der Waals surface area (Å²) in [6.45, 7) is 2.89. The number of amides is 1. The summed E-state index contributed by atoms with van der Waals surface area (Å²) in [5.41, 5.74) is -1.53. The van der Waals surface area contributed by atoms with Crippen molar-refractivity contribution in [1.82, 2.24) is 14.7 Å². The lowest BCUT2D eigenvalue weighted by Gasteiger charge is -2.25. The van der Waals surface area contributed by atoms with Crippen LogP contribution < -0.4 is 5.56 Å². The highest BCUT2D eigenvalue weighted by atomic mass is 16.2. The second-order valence-electron chi connectivity index (χ2n) is 4.77. The minimum atomic E-state index is -1.17. The molecule has 6 nitrogen and oxygen atoms in total. The topological polar surface area (TPSA) is 72.3 Å². The molecule has 0 bridgehead atoms. The van der Waals surface area contributed by atoms with Gasteiger partial charge in [-0.15, -0.1) is 0 Å². The molecule has 0 saturated heterocycles. The Bertz CT molecular complexity index is 517. The minimum absolute atomic E-state index is 0.202. The van der Waals surface area contributed by atoms with E-state index in [1.807, 2.05) is 0 Å². The monoisotopic (exact) mass is 251 g/mol. The van der Waals surface area contributed by atoms with Gasteiger partial charge in [-0.05, 0) is 19.9 Å². The number of rotatable bonds is 4. The summed E-state index contributed by atoms with van der Waals surface area (Å²) < 4.78 is 1.05. The molecule has 0 aromatic carbocycles. The summed E-state index contributed by atoms with van der Waals surface area (Å²) in [5.74, 6) is -0.640. The largest absolute Gasteiger partial charge is 0.348 e. The number of carbonyl (C=O) groups excluding carboxylic acids is 2. The van der Waals surface area contributed by atoms with Crippen molar-refractivity contribution in [2.75, 3.05) is 14.1 Å². The average molecular weight is 251 g/mol. The lowest BCUT2D eigenvalue weighted by Crippen LogP contribution is -2.44. The molecule has 0 fully saturated rings. The van der Waals surface area contributed by atoms with Gasteiger partial charge in [0.05, 0.1) is 0 Å². The SMILES string of the molecule is CN(C)C(=O)C(C)(C)C(=O)Cn1ncccc1=O. The van der Waals surface area contributed by atoms with Crippen LogP contribution in [0.2, 0.25) is 0 Å². The number of Topliss-reactive ketones (excluding diaryl/α,β-unsaturated/α-hetero) is 1.